The van der Waals surface area contributed by atoms with Crippen LogP contribution in [0.25, 0.3) is 0 Å². The first kappa shape index (κ1) is 84.6. The van der Waals surface area contributed by atoms with Gasteiger partial charge in [0.1, 0.15) is 5.54 Å². The number of rotatable bonds is 16. The Kier molecular flexibility index (Phi) is 39.8. The minimum Gasteiger partial charge on any atom is -0.481 e. The summed E-state index contributed by atoms with van der Waals surface area (Å²) in [5.74, 6) is -2.80. The largest absolute Gasteiger partial charge is 0.481 e. The molecule has 0 radical (unpaired) electrons. The average Bonchev–Trinajstić information content (AvgIpc) is 1.28. The summed E-state index contributed by atoms with van der Waals surface area (Å²) in [5, 5.41) is 18.6. The fourth-order valence-corrected chi connectivity index (χ4v) is 12.5. The predicted molar refractivity (Wildman–Crippen MR) is 319 cm³/mol. The van der Waals surface area contributed by atoms with E-state index in [1.807, 2.05) is 0 Å². The molecule has 7 fully saturated rings. The highest BCUT2D eigenvalue weighted by Gasteiger charge is 2.42. The lowest BCUT2D eigenvalue weighted by atomic mass is 9.77. The SMILES string of the molecule is CC1CCCO1.CCOC(=O)C1CCC(=CCC(F)(F)F)CC1.CCOC(=O)C1CCC(CCC(F)(F)F)CC1.CO.NC(=O)C1(N)CCCCC1.NC(=O)C1(NC(=O)C2CCC(CCC(F)(F)F)CC2)CCCCC1.O=C(O)C1CCC(CCC(F)(F)F)CC1. The number of ether oxygens (including phenoxy) is 3. The van der Waals surface area contributed by atoms with Crippen LogP contribution >= 0.6 is 0 Å². The van der Waals surface area contributed by atoms with E-state index in [9.17, 15) is 81.5 Å². The monoisotopic (exact) mass is 1330 g/mol. The van der Waals surface area contributed by atoms with Crippen molar-refractivity contribution in [2.24, 2.45) is 58.6 Å². The standard InChI is InChI=1S/C17H27F3N2O2.C12H19F3O2.C12H17F3O2.C10H15F3O2.C7H14N2O.C5H10O.CH4O/c18-17(19,20)11-8-12-4-6-13(7-5-12)14(23)22-16(15(21)24)9-2-1-3-10-16;2*1-2-17-11(16)10-5-3-9(4-6-10)7-8-12(13,14)15;11-10(12,13)6-5-7-1-3-8(4-2-7)9(14)15;8-6(10)7(9)4-2-1-3-5-7;1-5-3-2-4-6-5;1-2/h12-13H,1-11H2,(H2,21,24)(H,22,23);9-10H,2-8H2,1H3;7,10H,2-6,8H2,1H3;7-8H,1-6H2,(H,14,15);1-5,9H2,(H2,8,10);5H,2-4H2,1H3;2H,1H3. The van der Waals surface area contributed by atoms with Crippen molar-refractivity contribution in [3.63, 3.8) is 0 Å². The molecule has 0 aromatic carbocycles. The number of carboxylic acid groups (broad SMARTS) is 1. The minimum absolute atomic E-state index is 0.0375. The molecular weight excluding hydrogens is 1230 g/mol. The van der Waals surface area contributed by atoms with E-state index in [0.29, 0.717) is 135 Å². The van der Waals surface area contributed by atoms with Crippen molar-refractivity contribution < 1.29 is 106 Å². The highest BCUT2D eigenvalue weighted by molar-refractivity contribution is 5.91. The molecular formula is C64H106F12N4O11. The van der Waals surface area contributed by atoms with Gasteiger partial charge in [0.05, 0.1) is 49.0 Å². The fourth-order valence-electron chi connectivity index (χ4n) is 12.5. The Bertz CT molecular complexity index is 2090. The van der Waals surface area contributed by atoms with E-state index in [1.165, 1.54) is 25.3 Å². The molecule has 1 unspecified atom stereocenters. The molecule has 7 aliphatic rings. The lowest BCUT2D eigenvalue weighted by Gasteiger charge is -2.37. The summed E-state index contributed by atoms with van der Waals surface area (Å²) in [4.78, 5) is 68.5. The van der Waals surface area contributed by atoms with Gasteiger partial charge in [-0.3, -0.25) is 28.8 Å². The zero-order valence-corrected chi connectivity index (χ0v) is 53.9. The van der Waals surface area contributed by atoms with Crippen LogP contribution < -0.4 is 22.5 Å². The summed E-state index contributed by atoms with van der Waals surface area (Å²) in [6, 6.07) is 0. The number of allylic oxidation sites excluding steroid dienone is 2. The van der Waals surface area contributed by atoms with Crippen LogP contribution in [0.5, 0.6) is 0 Å². The Morgan fingerprint density at radius 2 is 0.901 bits per heavy atom. The Morgan fingerprint density at radius 3 is 1.20 bits per heavy atom. The Hall–Kier alpha value is -4.40. The van der Waals surface area contributed by atoms with Crippen LogP contribution in [0.15, 0.2) is 11.6 Å². The minimum atomic E-state index is -4.13. The summed E-state index contributed by atoms with van der Waals surface area (Å²) in [6.07, 6.45) is 3.92. The molecule has 6 aliphatic carbocycles. The number of aliphatic carboxylic acids is 1. The molecule has 9 N–H and O–H groups in total. The van der Waals surface area contributed by atoms with Gasteiger partial charge < -0.3 is 46.9 Å². The zero-order chi connectivity index (χ0) is 69.1. The van der Waals surface area contributed by atoms with Crippen molar-refractivity contribution in [2.75, 3.05) is 26.9 Å². The second kappa shape index (κ2) is 42.8. The molecule has 0 aromatic rings. The Balaban J connectivity index is 0.000000562. The third-order valence-corrected chi connectivity index (χ3v) is 18.2. The number of hydrogen-bond donors (Lipinski definition) is 6. The van der Waals surface area contributed by atoms with Gasteiger partial charge in [-0.25, -0.2) is 0 Å². The van der Waals surface area contributed by atoms with Crippen molar-refractivity contribution in [1.82, 2.24) is 5.32 Å². The summed E-state index contributed by atoms with van der Waals surface area (Å²) in [7, 11) is 1.00. The van der Waals surface area contributed by atoms with Crippen LogP contribution in [0, 0.1) is 41.4 Å². The van der Waals surface area contributed by atoms with E-state index in [4.69, 9.17) is 41.6 Å². The second-order valence-corrected chi connectivity index (χ2v) is 25.3. The first-order chi connectivity index (χ1) is 42.5. The molecule has 0 spiro atoms. The highest BCUT2D eigenvalue weighted by Crippen LogP contribution is 2.39. The van der Waals surface area contributed by atoms with Crippen molar-refractivity contribution in [1.29, 1.82) is 0 Å². The van der Waals surface area contributed by atoms with Gasteiger partial charge in [-0.1, -0.05) is 50.2 Å². The van der Waals surface area contributed by atoms with Crippen LogP contribution in [0.2, 0.25) is 0 Å². The molecule has 15 nitrogen and oxygen atoms in total. The van der Waals surface area contributed by atoms with E-state index >= 15 is 0 Å². The molecule has 91 heavy (non-hydrogen) atoms. The number of primary amides is 2. The number of hydrogen-bond acceptors (Lipinski definition) is 11. The molecule has 27 heteroatoms. The molecule has 1 saturated heterocycles. The summed E-state index contributed by atoms with van der Waals surface area (Å²) in [5.41, 5.74) is 15.6. The number of amides is 3. The maximum absolute atomic E-state index is 12.5. The summed E-state index contributed by atoms with van der Waals surface area (Å²) < 4.78 is 160. The van der Waals surface area contributed by atoms with E-state index in [-0.39, 0.29) is 84.4 Å². The molecule has 1 heterocycles. The number of halogens is 12. The summed E-state index contributed by atoms with van der Waals surface area (Å²) >= 11 is 0. The molecule has 1 atom stereocenters. The van der Waals surface area contributed by atoms with Gasteiger partial charge in [-0.15, -0.1) is 0 Å². The van der Waals surface area contributed by atoms with Gasteiger partial charge in [-0.2, -0.15) is 52.7 Å². The van der Waals surface area contributed by atoms with Gasteiger partial charge in [0, 0.05) is 38.9 Å². The number of nitrogens with two attached hydrogens (primary N) is 3. The van der Waals surface area contributed by atoms with Crippen molar-refractivity contribution >= 4 is 35.6 Å². The molecule has 0 bridgehead atoms. The second-order valence-electron chi connectivity index (χ2n) is 25.3. The number of esters is 2. The number of alkyl halides is 12. The molecule has 1 aliphatic heterocycles. The van der Waals surface area contributed by atoms with Crippen LogP contribution in [0.3, 0.4) is 0 Å². The summed E-state index contributed by atoms with van der Waals surface area (Å²) in [6.45, 7) is 7.33. The van der Waals surface area contributed by atoms with Crippen molar-refractivity contribution in [3.05, 3.63) is 11.6 Å². The predicted octanol–water partition coefficient (Wildman–Crippen LogP) is 14.9. The maximum atomic E-state index is 12.5. The smallest absolute Gasteiger partial charge is 0.392 e. The van der Waals surface area contributed by atoms with E-state index in [2.05, 4.69) is 12.2 Å². The van der Waals surface area contributed by atoms with Gasteiger partial charge in [0.2, 0.25) is 17.7 Å². The van der Waals surface area contributed by atoms with Crippen LogP contribution in [0.1, 0.15) is 245 Å². The van der Waals surface area contributed by atoms with Crippen LogP contribution in [-0.4, -0.2) is 115 Å². The number of aliphatic hydroxyl groups excluding tert-OH is 1. The topological polar surface area (TPSA) is 261 Å². The normalized spacial score (nSPS) is 25.5. The number of carboxylic acids is 1. The van der Waals surface area contributed by atoms with E-state index in [0.717, 1.165) is 64.2 Å². The third-order valence-electron chi connectivity index (χ3n) is 18.2. The van der Waals surface area contributed by atoms with E-state index < -0.39 is 73.3 Å². The molecule has 0 aromatic heterocycles. The number of carbonyl (C=O) groups is 6. The highest BCUT2D eigenvalue weighted by atomic mass is 19.4. The molecule has 7 rings (SSSR count). The van der Waals surface area contributed by atoms with Gasteiger partial charge in [-0.05, 0) is 199 Å². The van der Waals surface area contributed by atoms with Crippen molar-refractivity contribution in [3.8, 4) is 0 Å². The van der Waals surface area contributed by atoms with Gasteiger partial charge in [0.25, 0.3) is 0 Å². The average molecular weight is 1340 g/mol. The molecule has 3 amide bonds. The number of carbonyl (C=O) groups excluding carboxylic acids is 5. The van der Waals surface area contributed by atoms with Gasteiger partial charge in [0.15, 0.2) is 0 Å². The van der Waals surface area contributed by atoms with Crippen molar-refractivity contribution in [2.45, 2.75) is 287 Å². The molecule has 532 valence electrons. The molecule has 6 saturated carbocycles. The Morgan fingerprint density at radius 1 is 0.527 bits per heavy atom. The lowest BCUT2D eigenvalue weighted by molar-refractivity contribution is -0.150. The van der Waals surface area contributed by atoms with Crippen LogP contribution in [0.4, 0.5) is 52.7 Å². The first-order valence-corrected chi connectivity index (χ1v) is 32.8. The zero-order valence-electron chi connectivity index (χ0n) is 53.9. The third kappa shape index (κ3) is 37.9. The first-order valence-electron chi connectivity index (χ1n) is 32.8. The number of nitrogens with one attached hydrogen (secondary N) is 1. The quantitative estimate of drug-likeness (QED) is 0.0479. The van der Waals surface area contributed by atoms with E-state index in [1.54, 1.807) is 13.8 Å². The fraction of sp³-hybridized carbons (Fsp3) is 0.875. The van der Waals surface area contributed by atoms with Crippen LogP contribution in [-0.2, 0) is 43.0 Å². The maximum Gasteiger partial charge on any atom is 0.392 e. The number of aliphatic hydroxyl groups is 1. The Labute approximate surface area is 529 Å². The lowest BCUT2D eigenvalue weighted by Crippen LogP contribution is -2.59. The van der Waals surface area contributed by atoms with Gasteiger partial charge >= 0.3 is 42.6 Å².